The summed E-state index contributed by atoms with van der Waals surface area (Å²) in [6.45, 7) is 2.09. The zero-order chi connectivity index (χ0) is 14.8. The number of amides is 1. The fourth-order valence-corrected chi connectivity index (χ4v) is 3.11. The van der Waals surface area contributed by atoms with Crippen molar-refractivity contribution in [2.75, 3.05) is 19.6 Å². The summed E-state index contributed by atoms with van der Waals surface area (Å²) in [7, 11) is 0. The summed E-state index contributed by atoms with van der Waals surface area (Å²) in [6.07, 6.45) is 1.51. The van der Waals surface area contributed by atoms with Gasteiger partial charge in [0.2, 0.25) is 5.76 Å². The summed E-state index contributed by atoms with van der Waals surface area (Å²) in [4.78, 5) is 14.5. The van der Waals surface area contributed by atoms with E-state index in [9.17, 15) is 4.79 Å². The van der Waals surface area contributed by atoms with Crippen LogP contribution in [0.5, 0.6) is 0 Å². The Balaban J connectivity index is 0.00000176. The van der Waals surface area contributed by atoms with E-state index in [0.29, 0.717) is 28.3 Å². The van der Waals surface area contributed by atoms with Crippen molar-refractivity contribution in [2.24, 2.45) is 0 Å². The molecule has 1 aliphatic heterocycles. The molecule has 2 heterocycles. The van der Waals surface area contributed by atoms with Gasteiger partial charge in [-0.3, -0.25) is 4.79 Å². The Bertz CT molecular complexity index is 662. The SMILES string of the molecule is Cl.O=C(c1occc1Br)N1CCNCC1c1cccc(Cl)c1. The molecule has 0 radical (unpaired) electrons. The Morgan fingerprint density at radius 2 is 2.23 bits per heavy atom. The number of hydrogen-bond donors (Lipinski definition) is 1. The summed E-state index contributed by atoms with van der Waals surface area (Å²) in [5.41, 5.74) is 1.02. The molecule has 1 aliphatic rings. The quantitative estimate of drug-likeness (QED) is 0.823. The standard InChI is InChI=1S/C15H14BrClN2O2.ClH/c16-12-4-7-21-14(12)15(20)19-6-5-18-9-13(19)10-2-1-3-11(17)8-10;/h1-4,7-8,13,18H,5-6,9H2;1H. The molecule has 0 saturated carbocycles. The van der Waals surface area contributed by atoms with Crippen molar-refractivity contribution < 1.29 is 9.21 Å². The molecule has 1 aromatic heterocycles. The third kappa shape index (κ3) is 3.49. The van der Waals surface area contributed by atoms with Crippen LogP contribution in [0.2, 0.25) is 5.02 Å². The molecule has 1 amide bonds. The van der Waals surface area contributed by atoms with Gasteiger partial charge in [0.05, 0.1) is 16.8 Å². The molecule has 4 nitrogen and oxygen atoms in total. The van der Waals surface area contributed by atoms with Crippen LogP contribution in [0.3, 0.4) is 0 Å². The van der Waals surface area contributed by atoms with Crippen LogP contribution in [0.1, 0.15) is 22.2 Å². The van der Waals surface area contributed by atoms with Gasteiger partial charge in [0, 0.05) is 24.7 Å². The molecule has 1 aromatic carbocycles. The van der Waals surface area contributed by atoms with Gasteiger partial charge in [-0.15, -0.1) is 12.4 Å². The lowest BCUT2D eigenvalue weighted by atomic mass is 10.0. The van der Waals surface area contributed by atoms with Crippen molar-refractivity contribution in [3.8, 4) is 0 Å². The topological polar surface area (TPSA) is 45.5 Å². The molecule has 0 spiro atoms. The van der Waals surface area contributed by atoms with E-state index in [-0.39, 0.29) is 24.4 Å². The van der Waals surface area contributed by atoms with E-state index in [0.717, 1.165) is 12.1 Å². The second kappa shape index (κ2) is 7.51. The highest BCUT2D eigenvalue weighted by Gasteiger charge is 2.31. The molecule has 3 rings (SSSR count). The lowest BCUT2D eigenvalue weighted by Gasteiger charge is -2.36. The first-order valence-electron chi connectivity index (χ1n) is 6.67. The normalized spacial score (nSPS) is 17.9. The van der Waals surface area contributed by atoms with Gasteiger partial charge in [-0.25, -0.2) is 0 Å². The molecule has 118 valence electrons. The van der Waals surface area contributed by atoms with Gasteiger partial charge in [0.15, 0.2) is 0 Å². The lowest BCUT2D eigenvalue weighted by molar-refractivity contribution is 0.0600. The molecular formula is C15H15BrCl2N2O2. The summed E-state index contributed by atoms with van der Waals surface area (Å²) in [6, 6.07) is 9.29. The van der Waals surface area contributed by atoms with Crippen molar-refractivity contribution in [1.29, 1.82) is 0 Å². The Kier molecular flexibility index (Phi) is 5.92. The zero-order valence-corrected chi connectivity index (χ0v) is 14.7. The fraction of sp³-hybridized carbons (Fsp3) is 0.267. The number of nitrogens with one attached hydrogen (secondary N) is 1. The number of furan rings is 1. The summed E-state index contributed by atoms with van der Waals surface area (Å²) in [5.74, 6) is 0.224. The second-order valence-electron chi connectivity index (χ2n) is 4.87. The van der Waals surface area contributed by atoms with Crippen molar-refractivity contribution in [3.63, 3.8) is 0 Å². The summed E-state index contributed by atoms with van der Waals surface area (Å²) in [5, 5.41) is 3.99. The smallest absolute Gasteiger partial charge is 0.291 e. The molecular weight excluding hydrogens is 391 g/mol. The fourth-order valence-electron chi connectivity index (χ4n) is 2.54. The van der Waals surface area contributed by atoms with Crippen LogP contribution in [-0.4, -0.2) is 30.4 Å². The zero-order valence-electron chi connectivity index (χ0n) is 11.6. The number of hydrogen-bond acceptors (Lipinski definition) is 3. The van der Waals surface area contributed by atoms with Gasteiger partial charge in [0.1, 0.15) is 0 Å². The highest BCUT2D eigenvalue weighted by atomic mass is 79.9. The minimum atomic E-state index is -0.113. The van der Waals surface area contributed by atoms with Crippen LogP contribution in [0, 0.1) is 0 Å². The van der Waals surface area contributed by atoms with E-state index in [4.69, 9.17) is 16.0 Å². The lowest BCUT2D eigenvalue weighted by Crippen LogP contribution is -2.48. The highest BCUT2D eigenvalue weighted by molar-refractivity contribution is 9.10. The van der Waals surface area contributed by atoms with E-state index < -0.39 is 0 Å². The molecule has 1 N–H and O–H groups in total. The minimum Gasteiger partial charge on any atom is -0.458 e. The minimum absolute atomic E-state index is 0. The molecule has 0 aliphatic carbocycles. The number of benzene rings is 1. The number of halogens is 3. The van der Waals surface area contributed by atoms with Crippen molar-refractivity contribution in [2.45, 2.75) is 6.04 Å². The largest absolute Gasteiger partial charge is 0.458 e. The van der Waals surface area contributed by atoms with Crippen LogP contribution in [-0.2, 0) is 0 Å². The van der Waals surface area contributed by atoms with Crippen molar-refractivity contribution >= 4 is 45.8 Å². The van der Waals surface area contributed by atoms with E-state index in [1.807, 2.05) is 29.2 Å². The number of rotatable bonds is 2. The number of piperazine rings is 1. The van der Waals surface area contributed by atoms with Crippen LogP contribution in [0.4, 0.5) is 0 Å². The third-order valence-electron chi connectivity index (χ3n) is 3.55. The van der Waals surface area contributed by atoms with Crippen LogP contribution >= 0.6 is 39.9 Å². The maximum absolute atomic E-state index is 12.7. The Labute approximate surface area is 148 Å². The van der Waals surface area contributed by atoms with Gasteiger partial charge in [-0.2, -0.15) is 0 Å². The van der Waals surface area contributed by atoms with E-state index in [1.165, 1.54) is 6.26 Å². The Morgan fingerprint density at radius 1 is 1.41 bits per heavy atom. The first-order valence-corrected chi connectivity index (χ1v) is 7.84. The Morgan fingerprint density at radius 3 is 2.91 bits per heavy atom. The number of carbonyl (C=O) groups excluding carboxylic acids is 1. The predicted molar refractivity (Wildman–Crippen MR) is 91.8 cm³/mol. The van der Waals surface area contributed by atoms with Crippen LogP contribution < -0.4 is 5.32 Å². The van der Waals surface area contributed by atoms with E-state index in [1.54, 1.807) is 6.07 Å². The molecule has 1 fully saturated rings. The summed E-state index contributed by atoms with van der Waals surface area (Å²) >= 11 is 9.41. The molecule has 2 aromatic rings. The van der Waals surface area contributed by atoms with Crippen LogP contribution in [0.15, 0.2) is 45.5 Å². The van der Waals surface area contributed by atoms with Crippen molar-refractivity contribution in [3.05, 3.63) is 57.4 Å². The Hall–Kier alpha value is -1.01. The monoisotopic (exact) mass is 404 g/mol. The molecule has 1 unspecified atom stereocenters. The maximum Gasteiger partial charge on any atom is 0.291 e. The van der Waals surface area contributed by atoms with E-state index >= 15 is 0 Å². The molecule has 0 bridgehead atoms. The van der Waals surface area contributed by atoms with Gasteiger partial charge in [0.25, 0.3) is 5.91 Å². The van der Waals surface area contributed by atoms with Crippen molar-refractivity contribution in [1.82, 2.24) is 10.2 Å². The maximum atomic E-state index is 12.7. The molecule has 1 saturated heterocycles. The predicted octanol–water partition coefficient (Wildman–Crippen LogP) is 3.90. The molecule has 22 heavy (non-hydrogen) atoms. The van der Waals surface area contributed by atoms with Gasteiger partial charge >= 0.3 is 0 Å². The molecule has 7 heteroatoms. The number of nitrogens with zero attached hydrogens (tertiary/aromatic N) is 1. The van der Waals surface area contributed by atoms with Gasteiger partial charge in [-0.1, -0.05) is 23.7 Å². The first kappa shape index (κ1) is 17.3. The first-order chi connectivity index (χ1) is 10.2. The highest BCUT2D eigenvalue weighted by Crippen LogP contribution is 2.28. The second-order valence-corrected chi connectivity index (χ2v) is 6.16. The average Bonchev–Trinajstić information content (AvgIpc) is 2.93. The third-order valence-corrected chi connectivity index (χ3v) is 4.41. The average molecular weight is 406 g/mol. The van der Waals surface area contributed by atoms with Gasteiger partial charge in [-0.05, 0) is 39.7 Å². The van der Waals surface area contributed by atoms with Gasteiger partial charge < -0.3 is 14.6 Å². The van der Waals surface area contributed by atoms with E-state index in [2.05, 4.69) is 21.2 Å². The summed E-state index contributed by atoms with van der Waals surface area (Å²) < 4.78 is 5.98. The molecule has 1 atom stereocenters. The number of carbonyl (C=O) groups is 1. The van der Waals surface area contributed by atoms with Crippen LogP contribution in [0.25, 0.3) is 0 Å².